The monoisotopic (exact) mass is 248 g/mol. The number of methoxy groups -OCH3 is 1. The fourth-order valence-electron chi connectivity index (χ4n) is 1.54. The van der Waals surface area contributed by atoms with Gasteiger partial charge in [0.05, 0.1) is 0 Å². The van der Waals surface area contributed by atoms with E-state index in [0.29, 0.717) is 16.1 Å². The molecule has 0 spiro atoms. The fourth-order valence-corrected chi connectivity index (χ4v) is 1.96. The summed E-state index contributed by atoms with van der Waals surface area (Å²) in [6.45, 7) is 4.04. The van der Waals surface area contributed by atoms with Crippen LogP contribution in [0.2, 0.25) is 10.3 Å². The van der Waals surface area contributed by atoms with E-state index >= 15 is 0 Å². The lowest BCUT2D eigenvalue weighted by Crippen LogP contribution is -2.29. The van der Waals surface area contributed by atoms with Gasteiger partial charge >= 0.3 is 0 Å². The van der Waals surface area contributed by atoms with Crippen LogP contribution in [-0.2, 0) is 10.3 Å². The van der Waals surface area contributed by atoms with Crippen molar-refractivity contribution in [3.63, 3.8) is 0 Å². The maximum Gasteiger partial charge on any atom is 0.163 e. The summed E-state index contributed by atoms with van der Waals surface area (Å²) in [5.74, 6) is 0.549. The molecule has 0 bridgehead atoms. The van der Waals surface area contributed by atoms with Crippen LogP contribution in [0.3, 0.4) is 0 Å². The van der Waals surface area contributed by atoms with Gasteiger partial charge in [-0.25, -0.2) is 9.97 Å². The quantitative estimate of drug-likeness (QED) is 0.766. The van der Waals surface area contributed by atoms with Crippen molar-refractivity contribution < 1.29 is 4.74 Å². The van der Waals surface area contributed by atoms with Gasteiger partial charge in [0.2, 0.25) is 0 Å². The Morgan fingerprint density at radius 1 is 1.20 bits per heavy atom. The Morgan fingerprint density at radius 3 is 2.00 bits per heavy atom. The number of nitrogens with zero attached hydrogens (tertiary/aromatic N) is 2. The molecule has 0 saturated carbocycles. The summed E-state index contributed by atoms with van der Waals surface area (Å²) in [5, 5.41) is 0.682. The van der Waals surface area contributed by atoms with Crippen molar-refractivity contribution in [2.24, 2.45) is 0 Å². The summed E-state index contributed by atoms with van der Waals surface area (Å²) in [5.41, 5.74) is -0.492. The van der Waals surface area contributed by atoms with Gasteiger partial charge in [0, 0.05) is 13.2 Å². The van der Waals surface area contributed by atoms with Crippen molar-refractivity contribution in [3.8, 4) is 0 Å². The van der Waals surface area contributed by atoms with E-state index in [0.717, 1.165) is 12.8 Å². The van der Waals surface area contributed by atoms with E-state index in [1.165, 1.54) is 6.07 Å². The number of aromatic nitrogens is 2. The minimum absolute atomic E-state index is 0.341. The van der Waals surface area contributed by atoms with Gasteiger partial charge in [-0.3, -0.25) is 0 Å². The van der Waals surface area contributed by atoms with Gasteiger partial charge in [-0.2, -0.15) is 0 Å². The molecule has 0 saturated heterocycles. The molecule has 0 aromatic carbocycles. The maximum absolute atomic E-state index is 5.84. The van der Waals surface area contributed by atoms with Gasteiger partial charge in [0.15, 0.2) is 5.82 Å². The SMILES string of the molecule is CCC(CC)(OC)c1nc(Cl)cc(Cl)n1. The first kappa shape index (κ1) is 12.7. The third kappa shape index (κ3) is 2.60. The van der Waals surface area contributed by atoms with E-state index in [1.54, 1.807) is 7.11 Å². The van der Waals surface area contributed by atoms with Crippen LogP contribution in [-0.4, -0.2) is 17.1 Å². The Labute approximate surface area is 99.8 Å². The van der Waals surface area contributed by atoms with Crippen molar-refractivity contribution in [2.75, 3.05) is 7.11 Å². The second-order valence-electron chi connectivity index (χ2n) is 3.24. The number of rotatable bonds is 4. The van der Waals surface area contributed by atoms with Crippen molar-refractivity contribution >= 4 is 23.2 Å². The second-order valence-corrected chi connectivity index (χ2v) is 4.02. The summed E-state index contributed by atoms with van der Waals surface area (Å²) in [4.78, 5) is 8.33. The third-order valence-corrected chi connectivity index (χ3v) is 2.99. The molecule has 1 rings (SSSR count). The highest BCUT2D eigenvalue weighted by atomic mass is 35.5. The van der Waals surface area contributed by atoms with E-state index in [2.05, 4.69) is 9.97 Å². The number of halogens is 2. The average molecular weight is 249 g/mol. The number of ether oxygens (including phenoxy) is 1. The lowest BCUT2D eigenvalue weighted by molar-refractivity contribution is -0.0291. The van der Waals surface area contributed by atoms with Crippen LogP contribution in [0.25, 0.3) is 0 Å². The largest absolute Gasteiger partial charge is 0.370 e. The Hall–Kier alpha value is -0.380. The van der Waals surface area contributed by atoms with Crippen molar-refractivity contribution in [3.05, 3.63) is 22.2 Å². The molecule has 5 heteroatoms. The first-order chi connectivity index (χ1) is 7.07. The summed E-state index contributed by atoms with van der Waals surface area (Å²) in [7, 11) is 1.64. The normalized spacial score (nSPS) is 11.8. The molecule has 1 aromatic rings. The molecule has 1 aromatic heterocycles. The standard InChI is InChI=1S/C10H14Cl2N2O/c1-4-10(5-2,15-3)9-13-7(11)6-8(12)14-9/h6H,4-5H2,1-3H3. The average Bonchev–Trinajstić information content (AvgIpc) is 2.20. The van der Waals surface area contributed by atoms with Crippen LogP contribution < -0.4 is 0 Å². The molecule has 0 fully saturated rings. The molecule has 0 amide bonds. The van der Waals surface area contributed by atoms with Gasteiger partial charge in [0.25, 0.3) is 0 Å². The fraction of sp³-hybridized carbons (Fsp3) is 0.600. The third-order valence-electron chi connectivity index (χ3n) is 2.60. The molecule has 0 radical (unpaired) electrons. The predicted molar refractivity (Wildman–Crippen MR) is 61.3 cm³/mol. The van der Waals surface area contributed by atoms with Crippen LogP contribution in [0.4, 0.5) is 0 Å². The first-order valence-corrected chi connectivity index (χ1v) is 5.59. The zero-order chi connectivity index (χ0) is 11.5. The molecule has 0 unspecified atom stereocenters. The smallest absolute Gasteiger partial charge is 0.163 e. The van der Waals surface area contributed by atoms with Gasteiger partial charge in [-0.1, -0.05) is 37.0 Å². The predicted octanol–water partition coefficient (Wildman–Crippen LogP) is 3.45. The molecule has 0 aliphatic carbocycles. The molecular formula is C10H14Cl2N2O. The van der Waals surface area contributed by atoms with E-state index in [9.17, 15) is 0 Å². The molecule has 0 aliphatic rings. The Balaban J connectivity index is 3.22. The molecule has 3 nitrogen and oxygen atoms in total. The van der Waals surface area contributed by atoms with E-state index < -0.39 is 5.60 Å². The summed E-state index contributed by atoms with van der Waals surface area (Å²) in [6.07, 6.45) is 1.55. The van der Waals surface area contributed by atoms with Crippen LogP contribution in [0.5, 0.6) is 0 Å². The molecule has 0 atom stereocenters. The molecule has 84 valence electrons. The molecule has 0 N–H and O–H groups in total. The lowest BCUT2D eigenvalue weighted by Gasteiger charge is -2.28. The zero-order valence-electron chi connectivity index (χ0n) is 9.05. The highest BCUT2D eigenvalue weighted by Gasteiger charge is 2.31. The number of hydrogen-bond donors (Lipinski definition) is 0. The molecule has 15 heavy (non-hydrogen) atoms. The van der Waals surface area contributed by atoms with Gasteiger partial charge < -0.3 is 4.74 Å². The van der Waals surface area contributed by atoms with Crippen LogP contribution in [0, 0.1) is 0 Å². The summed E-state index contributed by atoms with van der Waals surface area (Å²) in [6, 6.07) is 1.51. The van der Waals surface area contributed by atoms with Crippen LogP contribution in [0.15, 0.2) is 6.07 Å². The Bertz CT molecular complexity index is 312. The Kier molecular flexibility index (Phi) is 4.32. The maximum atomic E-state index is 5.84. The van der Waals surface area contributed by atoms with Crippen molar-refractivity contribution in [2.45, 2.75) is 32.3 Å². The molecule has 0 aliphatic heterocycles. The van der Waals surface area contributed by atoms with E-state index in [1.807, 2.05) is 13.8 Å². The highest BCUT2D eigenvalue weighted by Crippen LogP contribution is 2.31. The second kappa shape index (κ2) is 5.10. The minimum atomic E-state index is -0.492. The van der Waals surface area contributed by atoms with Crippen molar-refractivity contribution in [1.29, 1.82) is 0 Å². The van der Waals surface area contributed by atoms with Crippen molar-refractivity contribution in [1.82, 2.24) is 9.97 Å². The van der Waals surface area contributed by atoms with E-state index in [4.69, 9.17) is 27.9 Å². The summed E-state index contributed by atoms with van der Waals surface area (Å²) < 4.78 is 5.49. The van der Waals surface area contributed by atoms with Gasteiger partial charge in [0.1, 0.15) is 15.9 Å². The minimum Gasteiger partial charge on any atom is -0.370 e. The molecule has 1 heterocycles. The highest BCUT2D eigenvalue weighted by molar-refractivity contribution is 6.33. The van der Waals surface area contributed by atoms with E-state index in [-0.39, 0.29) is 0 Å². The topological polar surface area (TPSA) is 35.0 Å². The number of hydrogen-bond acceptors (Lipinski definition) is 3. The lowest BCUT2D eigenvalue weighted by atomic mass is 9.96. The molecular weight excluding hydrogens is 235 g/mol. The Morgan fingerprint density at radius 2 is 1.67 bits per heavy atom. The van der Waals surface area contributed by atoms with Gasteiger partial charge in [-0.15, -0.1) is 0 Å². The first-order valence-electron chi connectivity index (χ1n) is 4.83. The van der Waals surface area contributed by atoms with Crippen LogP contribution >= 0.6 is 23.2 Å². The van der Waals surface area contributed by atoms with Crippen LogP contribution in [0.1, 0.15) is 32.5 Å². The zero-order valence-corrected chi connectivity index (χ0v) is 10.6. The summed E-state index contributed by atoms with van der Waals surface area (Å²) >= 11 is 11.7. The van der Waals surface area contributed by atoms with Gasteiger partial charge in [-0.05, 0) is 12.8 Å².